The Labute approximate surface area is 107 Å². The fourth-order valence-electron chi connectivity index (χ4n) is 1.59. The zero-order valence-corrected chi connectivity index (χ0v) is 10.0. The minimum Gasteiger partial charge on any atom is -0.453 e. The first kappa shape index (κ1) is 10.6. The van der Waals surface area contributed by atoms with Gasteiger partial charge >= 0.3 is 0 Å². The molecule has 0 atom stereocenters. The normalized spacial score (nSPS) is 10.9. The highest BCUT2D eigenvalue weighted by molar-refractivity contribution is 6.33. The van der Waals surface area contributed by atoms with Crippen LogP contribution in [0.5, 0.6) is 0 Å². The molecule has 0 radical (unpaired) electrons. The van der Waals surface area contributed by atoms with Gasteiger partial charge in [-0.15, -0.1) is 0 Å². The Morgan fingerprint density at radius 1 is 0.941 bits per heavy atom. The van der Waals surface area contributed by atoms with Gasteiger partial charge in [0.25, 0.3) is 0 Å². The van der Waals surface area contributed by atoms with Crippen molar-refractivity contribution >= 4 is 34.2 Å². The maximum atomic E-state index is 5.82. The Bertz CT molecular complexity index is 641. The molecule has 5 heteroatoms. The lowest BCUT2D eigenvalue weighted by atomic mass is 10.2. The molecule has 2 heterocycles. The molecule has 3 rings (SSSR count). The SMILES string of the molecule is Clc1cc(Cl)nc(-c2cc3ccccc3o2)n1. The van der Waals surface area contributed by atoms with E-state index in [0.717, 1.165) is 11.0 Å². The molecular weight excluding hydrogens is 259 g/mol. The smallest absolute Gasteiger partial charge is 0.198 e. The van der Waals surface area contributed by atoms with Crippen LogP contribution < -0.4 is 0 Å². The summed E-state index contributed by atoms with van der Waals surface area (Å²) in [6.45, 7) is 0. The van der Waals surface area contributed by atoms with Gasteiger partial charge in [0.05, 0.1) is 0 Å². The minimum absolute atomic E-state index is 0.292. The zero-order valence-electron chi connectivity index (χ0n) is 8.52. The molecule has 17 heavy (non-hydrogen) atoms. The van der Waals surface area contributed by atoms with Crippen molar-refractivity contribution in [3.63, 3.8) is 0 Å². The van der Waals surface area contributed by atoms with Crippen molar-refractivity contribution in [2.75, 3.05) is 0 Å². The lowest BCUT2D eigenvalue weighted by Gasteiger charge is -1.96. The first-order valence-electron chi connectivity index (χ1n) is 4.91. The van der Waals surface area contributed by atoms with Crippen molar-refractivity contribution in [1.29, 1.82) is 0 Å². The summed E-state index contributed by atoms with van der Waals surface area (Å²) in [4.78, 5) is 8.15. The van der Waals surface area contributed by atoms with E-state index < -0.39 is 0 Å². The van der Waals surface area contributed by atoms with E-state index in [9.17, 15) is 0 Å². The Hall–Kier alpha value is -1.58. The minimum atomic E-state index is 0.292. The molecule has 3 nitrogen and oxygen atoms in total. The third-order valence-corrected chi connectivity index (χ3v) is 2.70. The highest BCUT2D eigenvalue weighted by Crippen LogP contribution is 2.27. The molecule has 0 N–H and O–H groups in total. The maximum absolute atomic E-state index is 5.82. The molecule has 0 spiro atoms. The van der Waals surface area contributed by atoms with Gasteiger partial charge in [-0.25, -0.2) is 9.97 Å². The van der Waals surface area contributed by atoms with E-state index in [1.54, 1.807) is 0 Å². The number of furan rings is 1. The molecule has 0 unspecified atom stereocenters. The summed E-state index contributed by atoms with van der Waals surface area (Å²) in [5, 5.41) is 1.57. The second kappa shape index (κ2) is 4.02. The fraction of sp³-hybridized carbons (Fsp3) is 0. The molecule has 0 amide bonds. The van der Waals surface area contributed by atoms with Crippen molar-refractivity contribution in [3.05, 3.63) is 46.7 Å². The molecular formula is C12H6Cl2N2O. The first-order valence-corrected chi connectivity index (χ1v) is 5.67. The molecule has 0 fully saturated rings. The van der Waals surface area contributed by atoms with E-state index in [1.807, 2.05) is 30.3 Å². The van der Waals surface area contributed by atoms with Crippen LogP contribution in [0, 0.1) is 0 Å². The average Bonchev–Trinajstić information content (AvgIpc) is 2.71. The van der Waals surface area contributed by atoms with Crippen molar-refractivity contribution < 1.29 is 4.42 Å². The summed E-state index contributed by atoms with van der Waals surface area (Å²) in [7, 11) is 0. The monoisotopic (exact) mass is 264 g/mol. The number of halogens is 2. The van der Waals surface area contributed by atoms with Gasteiger partial charge < -0.3 is 4.42 Å². The summed E-state index contributed by atoms with van der Waals surface area (Å²) in [5.74, 6) is 0.939. The average molecular weight is 265 g/mol. The summed E-state index contributed by atoms with van der Waals surface area (Å²) in [6.07, 6.45) is 0. The van der Waals surface area contributed by atoms with E-state index in [4.69, 9.17) is 27.6 Å². The molecule has 0 aliphatic heterocycles. The van der Waals surface area contributed by atoms with Crippen LogP contribution in [0.3, 0.4) is 0 Å². The molecule has 2 aromatic heterocycles. The third-order valence-electron chi connectivity index (χ3n) is 2.31. The predicted octanol–water partition coefficient (Wildman–Crippen LogP) is 4.20. The highest BCUT2D eigenvalue weighted by atomic mass is 35.5. The van der Waals surface area contributed by atoms with E-state index >= 15 is 0 Å². The lowest BCUT2D eigenvalue weighted by molar-refractivity contribution is 0.625. The van der Waals surface area contributed by atoms with Gasteiger partial charge in [0.15, 0.2) is 11.6 Å². The van der Waals surface area contributed by atoms with Gasteiger partial charge in [0.1, 0.15) is 15.9 Å². The Morgan fingerprint density at radius 3 is 2.35 bits per heavy atom. The molecule has 1 aromatic carbocycles. The predicted molar refractivity (Wildman–Crippen MR) is 67.3 cm³/mol. The van der Waals surface area contributed by atoms with E-state index in [1.165, 1.54) is 6.07 Å². The number of hydrogen-bond acceptors (Lipinski definition) is 3. The molecule has 0 bridgehead atoms. The number of para-hydroxylation sites is 1. The van der Waals surface area contributed by atoms with Gasteiger partial charge in [-0.3, -0.25) is 0 Å². The Balaban J connectivity index is 2.20. The van der Waals surface area contributed by atoms with Crippen LogP contribution in [0.4, 0.5) is 0 Å². The number of hydrogen-bond donors (Lipinski definition) is 0. The summed E-state index contributed by atoms with van der Waals surface area (Å²) in [6, 6.07) is 11.0. The van der Waals surface area contributed by atoms with Gasteiger partial charge in [-0.2, -0.15) is 0 Å². The van der Waals surface area contributed by atoms with Crippen LogP contribution in [-0.4, -0.2) is 9.97 Å². The van der Waals surface area contributed by atoms with Gasteiger partial charge in [-0.05, 0) is 12.1 Å². The van der Waals surface area contributed by atoms with E-state index in [-0.39, 0.29) is 0 Å². The van der Waals surface area contributed by atoms with Crippen LogP contribution in [0.15, 0.2) is 40.8 Å². The quantitative estimate of drug-likeness (QED) is 0.619. The van der Waals surface area contributed by atoms with Gasteiger partial charge in [-0.1, -0.05) is 41.4 Å². The number of aromatic nitrogens is 2. The second-order valence-electron chi connectivity index (χ2n) is 3.49. The number of rotatable bonds is 1. The Morgan fingerprint density at radius 2 is 1.65 bits per heavy atom. The number of fused-ring (bicyclic) bond motifs is 1. The second-order valence-corrected chi connectivity index (χ2v) is 4.26. The number of benzene rings is 1. The van der Waals surface area contributed by atoms with Crippen molar-refractivity contribution in [3.8, 4) is 11.6 Å². The maximum Gasteiger partial charge on any atom is 0.198 e. The van der Waals surface area contributed by atoms with Crippen molar-refractivity contribution in [2.24, 2.45) is 0 Å². The van der Waals surface area contributed by atoms with Crippen LogP contribution in [0.1, 0.15) is 0 Å². The molecule has 3 aromatic rings. The van der Waals surface area contributed by atoms with Crippen LogP contribution in [0.2, 0.25) is 10.3 Å². The van der Waals surface area contributed by atoms with Crippen LogP contribution in [-0.2, 0) is 0 Å². The molecule has 0 saturated carbocycles. The third kappa shape index (κ3) is 1.99. The Kier molecular flexibility index (Phi) is 2.50. The van der Waals surface area contributed by atoms with E-state index in [2.05, 4.69) is 9.97 Å². The number of nitrogens with zero attached hydrogens (tertiary/aromatic N) is 2. The van der Waals surface area contributed by atoms with Crippen LogP contribution in [0.25, 0.3) is 22.6 Å². The van der Waals surface area contributed by atoms with Gasteiger partial charge in [0.2, 0.25) is 0 Å². The summed E-state index contributed by atoms with van der Waals surface area (Å²) in [5.41, 5.74) is 0.780. The highest BCUT2D eigenvalue weighted by Gasteiger charge is 2.10. The first-order chi connectivity index (χ1) is 8.22. The molecule has 0 aliphatic carbocycles. The topological polar surface area (TPSA) is 38.9 Å². The van der Waals surface area contributed by atoms with Crippen LogP contribution >= 0.6 is 23.2 Å². The van der Waals surface area contributed by atoms with Gasteiger partial charge in [0, 0.05) is 11.5 Å². The fourth-order valence-corrected chi connectivity index (χ4v) is 2.02. The summed E-state index contributed by atoms with van der Waals surface area (Å²) >= 11 is 11.6. The molecule has 0 aliphatic rings. The summed E-state index contributed by atoms with van der Waals surface area (Å²) < 4.78 is 5.62. The lowest BCUT2D eigenvalue weighted by Crippen LogP contribution is -1.87. The zero-order chi connectivity index (χ0) is 11.8. The van der Waals surface area contributed by atoms with Crippen molar-refractivity contribution in [2.45, 2.75) is 0 Å². The molecule has 0 saturated heterocycles. The standard InChI is InChI=1S/C12H6Cl2N2O/c13-10-6-11(14)16-12(15-10)9-5-7-3-1-2-4-8(7)17-9/h1-6H. The molecule has 84 valence electrons. The van der Waals surface area contributed by atoms with E-state index in [0.29, 0.717) is 21.9 Å². The van der Waals surface area contributed by atoms with Crippen molar-refractivity contribution in [1.82, 2.24) is 9.97 Å². The largest absolute Gasteiger partial charge is 0.453 e.